The number of fused-ring (bicyclic) bond motifs is 4. The van der Waals surface area contributed by atoms with Crippen LogP contribution in [0.25, 0.3) is 49.9 Å². The Balaban J connectivity index is 1.17. The van der Waals surface area contributed by atoms with Crippen molar-refractivity contribution in [3.05, 3.63) is 224 Å². The molecule has 3 heterocycles. The second-order valence-electron chi connectivity index (χ2n) is 15.4. The van der Waals surface area contributed by atoms with Crippen LogP contribution in [-0.2, 0) is 0 Å². The maximum Gasteiger partial charge on any atom is 0.137 e. The van der Waals surface area contributed by atoms with E-state index in [4.69, 9.17) is 4.98 Å². The summed E-state index contributed by atoms with van der Waals surface area (Å²) < 4.78 is 2.32. The summed E-state index contributed by atoms with van der Waals surface area (Å²) in [5, 5.41) is 2.38. The van der Waals surface area contributed by atoms with Crippen molar-refractivity contribution in [2.24, 2.45) is 0 Å². The topological polar surface area (TPSA) is 27.5 Å². The van der Waals surface area contributed by atoms with E-state index >= 15 is 0 Å². The smallest absolute Gasteiger partial charge is 0.137 e. The Morgan fingerprint density at radius 2 is 1.02 bits per heavy atom. The molecule has 8 aromatic carbocycles. The Bertz CT molecular complexity index is 3100. The standard InChI is InChI=1S/C55H41N5/c1-39-33-34-56-54(35-39)60-50-28-12-11-25-48(50)49-32-31-45(37-53(49)60)59(55-46(40-17-5-2-6-18-40)26-16-27-47(55)41-19-7-3-8-20-41)44-24-15-23-43(36-44)58-38-57(42-21-9-4-10-22-42)51-29-13-14-30-52(51)58/h2-37H,38H2,1H3. The lowest BCUT2D eigenvalue weighted by Crippen LogP contribution is -2.24. The summed E-state index contributed by atoms with van der Waals surface area (Å²) >= 11 is 0. The molecule has 0 unspecified atom stereocenters. The lowest BCUT2D eigenvalue weighted by molar-refractivity contribution is 0.991. The highest BCUT2D eigenvalue weighted by atomic mass is 15.4. The summed E-state index contributed by atoms with van der Waals surface area (Å²) in [6, 6.07) is 76.5. The zero-order valence-electron chi connectivity index (χ0n) is 33.2. The lowest BCUT2D eigenvalue weighted by atomic mass is 9.94. The van der Waals surface area contributed by atoms with Gasteiger partial charge in [0.2, 0.25) is 0 Å². The van der Waals surface area contributed by atoms with Crippen molar-refractivity contribution < 1.29 is 0 Å². The van der Waals surface area contributed by atoms with Crippen molar-refractivity contribution in [2.45, 2.75) is 6.92 Å². The second-order valence-corrected chi connectivity index (χ2v) is 15.4. The Labute approximate surface area is 350 Å². The SMILES string of the molecule is Cc1ccnc(-n2c3ccccc3c3ccc(N(c4cccc(N5CN(c6ccccc6)c6ccccc65)c4)c4c(-c5ccccc5)cccc4-c4ccccc4)cc32)c1. The lowest BCUT2D eigenvalue weighted by Gasteiger charge is -2.31. The summed E-state index contributed by atoms with van der Waals surface area (Å²) in [6.45, 7) is 2.82. The van der Waals surface area contributed by atoms with E-state index in [9.17, 15) is 0 Å². The summed E-state index contributed by atoms with van der Waals surface area (Å²) in [6.07, 6.45) is 1.91. The second kappa shape index (κ2) is 14.8. The van der Waals surface area contributed by atoms with Gasteiger partial charge in [0.25, 0.3) is 0 Å². The Kier molecular flexibility index (Phi) is 8.71. The van der Waals surface area contributed by atoms with Crippen molar-refractivity contribution in [1.82, 2.24) is 9.55 Å². The van der Waals surface area contributed by atoms with Crippen molar-refractivity contribution in [2.75, 3.05) is 21.4 Å². The van der Waals surface area contributed by atoms with Gasteiger partial charge in [-0.25, -0.2) is 4.98 Å². The minimum Gasteiger partial charge on any atom is -0.321 e. The number of hydrogen-bond donors (Lipinski definition) is 0. The highest BCUT2D eigenvalue weighted by molar-refractivity contribution is 6.11. The Morgan fingerprint density at radius 1 is 0.450 bits per heavy atom. The van der Waals surface area contributed by atoms with Crippen LogP contribution in [0.5, 0.6) is 0 Å². The van der Waals surface area contributed by atoms with Gasteiger partial charge in [0.1, 0.15) is 12.5 Å². The van der Waals surface area contributed by atoms with Crippen LogP contribution in [0.1, 0.15) is 5.56 Å². The van der Waals surface area contributed by atoms with Crippen molar-refractivity contribution in [1.29, 1.82) is 0 Å². The number of para-hydroxylation sites is 5. The van der Waals surface area contributed by atoms with Gasteiger partial charge in [-0.05, 0) is 96.4 Å². The molecule has 0 fully saturated rings. The predicted molar refractivity (Wildman–Crippen MR) is 251 cm³/mol. The van der Waals surface area contributed by atoms with Gasteiger partial charge >= 0.3 is 0 Å². The Hall–Kier alpha value is -7.89. The summed E-state index contributed by atoms with van der Waals surface area (Å²) in [7, 11) is 0. The molecule has 0 aliphatic carbocycles. The fourth-order valence-corrected chi connectivity index (χ4v) is 8.94. The molecule has 1 aliphatic rings. The molecule has 60 heavy (non-hydrogen) atoms. The number of nitrogens with zero attached hydrogens (tertiary/aromatic N) is 5. The first-order valence-electron chi connectivity index (χ1n) is 20.5. The maximum absolute atomic E-state index is 4.92. The zero-order valence-corrected chi connectivity index (χ0v) is 33.2. The molecule has 0 saturated heterocycles. The van der Waals surface area contributed by atoms with Crippen molar-refractivity contribution in [3.8, 4) is 28.1 Å². The molecule has 10 aromatic rings. The van der Waals surface area contributed by atoms with E-state index in [2.05, 4.69) is 239 Å². The first-order valence-corrected chi connectivity index (χ1v) is 20.5. The van der Waals surface area contributed by atoms with E-state index in [1.165, 1.54) is 33.4 Å². The third-order valence-corrected chi connectivity index (χ3v) is 11.7. The molecule has 5 heteroatoms. The summed E-state index contributed by atoms with van der Waals surface area (Å²) in [4.78, 5) is 12.2. The molecule has 0 bridgehead atoms. The van der Waals surface area contributed by atoms with Crippen LogP contribution in [0.3, 0.4) is 0 Å². The van der Waals surface area contributed by atoms with Crippen molar-refractivity contribution >= 4 is 61.6 Å². The van der Waals surface area contributed by atoms with Gasteiger partial charge in [0.05, 0.1) is 28.1 Å². The first kappa shape index (κ1) is 35.3. The maximum atomic E-state index is 4.92. The van der Waals surface area contributed by atoms with E-state index in [0.29, 0.717) is 6.67 Å². The molecule has 0 spiro atoms. The molecule has 0 saturated carbocycles. The molecule has 286 valence electrons. The fraction of sp³-hybridized carbons (Fsp3) is 0.0364. The van der Waals surface area contributed by atoms with Crippen LogP contribution in [0.4, 0.5) is 39.8 Å². The quantitative estimate of drug-likeness (QED) is 0.154. The van der Waals surface area contributed by atoms with Crippen LogP contribution in [0.15, 0.2) is 219 Å². The largest absolute Gasteiger partial charge is 0.321 e. The number of benzene rings is 8. The molecule has 0 amide bonds. The number of rotatable bonds is 8. The monoisotopic (exact) mass is 771 g/mol. The van der Waals surface area contributed by atoms with E-state index in [-0.39, 0.29) is 0 Å². The van der Waals surface area contributed by atoms with Gasteiger partial charge in [-0.2, -0.15) is 0 Å². The van der Waals surface area contributed by atoms with E-state index in [0.717, 1.165) is 61.9 Å². The zero-order chi connectivity index (χ0) is 40.0. The van der Waals surface area contributed by atoms with E-state index in [1.54, 1.807) is 0 Å². The van der Waals surface area contributed by atoms with Gasteiger partial charge in [-0.3, -0.25) is 4.57 Å². The highest BCUT2D eigenvalue weighted by Gasteiger charge is 2.29. The van der Waals surface area contributed by atoms with E-state index in [1.807, 2.05) is 6.20 Å². The molecule has 1 aliphatic heterocycles. The molecule has 0 atom stereocenters. The number of aromatic nitrogens is 2. The van der Waals surface area contributed by atoms with Gasteiger partial charge < -0.3 is 14.7 Å². The van der Waals surface area contributed by atoms with Crippen molar-refractivity contribution in [3.63, 3.8) is 0 Å². The molecular weight excluding hydrogens is 731 g/mol. The Morgan fingerprint density at radius 3 is 1.72 bits per heavy atom. The van der Waals surface area contributed by atoms with Crippen LogP contribution >= 0.6 is 0 Å². The predicted octanol–water partition coefficient (Wildman–Crippen LogP) is 14.5. The number of hydrogen-bond acceptors (Lipinski definition) is 4. The minimum atomic E-state index is 0.693. The average molecular weight is 772 g/mol. The molecule has 0 N–H and O–H groups in total. The summed E-state index contributed by atoms with van der Waals surface area (Å²) in [5.41, 5.74) is 15.8. The van der Waals surface area contributed by atoms with Crippen LogP contribution in [0.2, 0.25) is 0 Å². The van der Waals surface area contributed by atoms with Gasteiger partial charge in [0.15, 0.2) is 0 Å². The average Bonchev–Trinajstić information content (AvgIpc) is 3.86. The van der Waals surface area contributed by atoms with Crippen LogP contribution < -0.4 is 14.7 Å². The van der Waals surface area contributed by atoms with Crippen LogP contribution in [0, 0.1) is 6.92 Å². The number of pyridine rings is 1. The molecule has 2 aromatic heterocycles. The molecule has 5 nitrogen and oxygen atoms in total. The van der Waals surface area contributed by atoms with Gasteiger partial charge in [-0.15, -0.1) is 0 Å². The minimum absolute atomic E-state index is 0.693. The first-order chi connectivity index (χ1) is 29.7. The molecule has 11 rings (SSSR count). The summed E-state index contributed by atoms with van der Waals surface area (Å²) in [5.74, 6) is 0.900. The molecular formula is C55H41N5. The van der Waals surface area contributed by atoms with Gasteiger partial charge in [-0.1, -0.05) is 140 Å². The number of aryl methyl sites for hydroxylation is 1. The normalized spacial score (nSPS) is 12.3. The van der Waals surface area contributed by atoms with Gasteiger partial charge in [0, 0.05) is 50.8 Å². The third kappa shape index (κ3) is 6.07. The molecule has 0 radical (unpaired) electrons. The fourth-order valence-electron chi connectivity index (χ4n) is 8.94. The van der Waals surface area contributed by atoms with E-state index < -0.39 is 0 Å². The third-order valence-electron chi connectivity index (χ3n) is 11.7. The van der Waals surface area contributed by atoms with Crippen LogP contribution in [-0.4, -0.2) is 16.2 Å². The number of anilines is 7. The highest BCUT2D eigenvalue weighted by Crippen LogP contribution is 2.50.